The number of ether oxygens (including phenoxy) is 2. The number of benzene rings is 2. The molecule has 3 aromatic rings. The fraction of sp³-hybridized carbons (Fsp3) is 0.375. The van der Waals surface area contributed by atoms with Crippen LogP contribution < -0.4 is 14.9 Å². The molecule has 0 saturated carbocycles. The van der Waals surface area contributed by atoms with Crippen molar-refractivity contribution in [3.05, 3.63) is 52.4 Å². The zero-order chi connectivity index (χ0) is 22.0. The molecule has 4 rings (SSSR count). The molecule has 0 bridgehead atoms. The molecule has 1 N–H and O–H groups in total. The zero-order valence-corrected chi connectivity index (χ0v) is 18.2. The molecule has 31 heavy (non-hydrogen) atoms. The van der Waals surface area contributed by atoms with Crippen molar-refractivity contribution in [3.63, 3.8) is 0 Å². The highest BCUT2D eigenvalue weighted by molar-refractivity contribution is 5.85. The second-order valence-corrected chi connectivity index (χ2v) is 7.70. The van der Waals surface area contributed by atoms with Crippen LogP contribution >= 0.6 is 0 Å². The molecule has 0 aliphatic carbocycles. The van der Waals surface area contributed by atoms with Crippen molar-refractivity contribution in [1.29, 1.82) is 0 Å². The quantitative estimate of drug-likeness (QED) is 0.651. The number of hydrogen-bond donors (Lipinski definition) is 1. The van der Waals surface area contributed by atoms with Crippen LogP contribution in [0.15, 0.2) is 45.8 Å². The van der Waals surface area contributed by atoms with Gasteiger partial charge >= 0.3 is 0 Å². The summed E-state index contributed by atoms with van der Waals surface area (Å²) < 4.78 is 16.6. The van der Waals surface area contributed by atoms with Gasteiger partial charge in [-0.1, -0.05) is 13.0 Å². The van der Waals surface area contributed by atoms with E-state index < -0.39 is 0 Å². The van der Waals surface area contributed by atoms with Gasteiger partial charge in [0.15, 0.2) is 11.5 Å². The lowest BCUT2D eigenvalue weighted by Crippen LogP contribution is -2.45. The normalized spacial score (nSPS) is 15.3. The Morgan fingerprint density at radius 3 is 2.39 bits per heavy atom. The number of rotatable bonds is 6. The maximum atomic E-state index is 13.3. The van der Waals surface area contributed by atoms with E-state index in [1.165, 1.54) is 6.26 Å². The summed E-state index contributed by atoms with van der Waals surface area (Å²) in [6, 6.07) is 8.52. The summed E-state index contributed by atoms with van der Waals surface area (Å²) in [6.07, 6.45) is 1.46. The minimum absolute atomic E-state index is 0.146. The molecule has 0 amide bonds. The number of aromatic hydroxyl groups is 1. The maximum absolute atomic E-state index is 13.3. The van der Waals surface area contributed by atoms with Crippen LogP contribution in [0.25, 0.3) is 22.1 Å². The average Bonchev–Trinajstić information content (AvgIpc) is 2.81. The molecule has 1 aliphatic rings. The third-order valence-electron chi connectivity index (χ3n) is 6.01. The average molecular weight is 424 g/mol. The number of hydrogen-bond acceptors (Lipinski definition) is 7. The predicted octanol–water partition coefficient (Wildman–Crippen LogP) is 3.32. The first-order chi connectivity index (χ1) is 15.0. The van der Waals surface area contributed by atoms with Crippen LogP contribution in [-0.4, -0.2) is 61.8 Å². The highest BCUT2D eigenvalue weighted by Crippen LogP contribution is 2.33. The summed E-state index contributed by atoms with van der Waals surface area (Å²) >= 11 is 0. The molecule has 164 valence electrons. The van der Waals surface area contributed by atoms with Gasteiger partial charge in [0.1, 0.15) is 17.6 Å². The number of methoxy groups -OCH3 is 2. The van der Waals surface area contributed by atoms with Gasteiger partial charge in [-0.05, 0) is 36.4 Å². The van der Waals surface area contributed by atoms with E-state index in [4.69, 9.17) is 13.9 Å². The Morgan fingerprint density at radius 1 is 1.00 bits per heavy atom. The van der Waals surface area contributed by atoms with Crippen LogP contribution in [0, 0.1) is 0 Å². The second kappa shape index (κ2) is 8.99. The minimum Gasteiger partial charge on any atom is -0.507 e. The third kappa shape index (κ3) is 4.11. The van der Waals surface area contributed by atoms with E-state index in [1.54, 1.807) is 44.6 Å². The number of phenolic OH excluding ortho intramolecular Hbond substituents is 1. The lowest BCUT2D eigenvalue weighted by atomic mass is 10.0. The lowest BCUT2D eigenvalue weighted by Gasteiger charge is -2.34. The minimum atomic E-state index is -0.148. The van der Waals surface area contributed by atoms with E-state index in [2.05, 4.69) is 16.7 Å². The summed E-state index contributed by atoms with van der Waals surface area (Å²) in [7, 11) is 3.12. The van der Waals surface area contributed by atoms with Crippen molar-refractivity contribution in [2.75, 3.05) is 46.9 Å². The smallest absolute Gasteiger partial charge is 0.200 e. The highest BCUT2D eigenvalue weighted by Gasteiger charge is 2.21. The number of fused-ring (bicyclic) bond motifs is 1. The molecule has 0 spiro atoms. The molecule has 7 nitrogen and oxygen atoms in total. The Labute approximate surface area is 181 Å². The van der Waals surface area contributed by atoms with Crippen molar-refractivity contribution in [3.8, 4) is 28.4 Å². The van der Waals surface area contributed by atoms with Gasteiger partial charge in [-0.2, -0.15) is 0 Å². The van der Waals surface area contributed by atoms with E-state index in [1.807, 2.05) is 0 Å². The first-order valence-electron chi connectivity index (χ1n) is 10.5. The van der Waals surface area contributed by atoms with Gasteiger partial charge in [0.25, 0.3) is 0 Å². The van der Waals surface area contributed by atoms with Crippen LogP contribution in [0.1, 0.15) is 12.5 Å². The lowest BCUT2D eigenvalue weighted by molar-refractivity contribution is 0.131. The molecule has 2 aromatic carbocycles. The molecule has 0 atom stereocenters. The zero-order valence-electron chi connectivity index (χ0n) is 18.2. The van der Waals surface area contributed by atoms with Crippen LogP contribution in [0.3, 0.4) is 0 Å². The van der Waals surface area contributed by atoms with E-state index in [0.29, 0.717) is 45.7 Å². The second-order valence-electron chi connectivity index (χ2n) is 7.70. The topological polar surface area (TPSA) is 75.4 Å². The van der Waals surface area contributed by atoms with Crippen molar-refractivity contribution in [2.24, 2.45) is 0 Å². The standard InChI is InChI=1S/C24H28N2O5/c1-4-25-9-11-26(12-10-25)14-18-20(27)7-6-17-23(28)19(15-31-24(17)18)16-5-8-21(29-2)22(13-16)30-3/h5-8,13,15,27H,4,9-12,14H2,1-3H3. The molecular weight excluding hydrogens is 396 g/mol. The number of phenols is 1. The molecule has 1 saturated heterocycles. The molecule has 1 aromatic heterocycles. The number of piperazine rings is 1. The molecule has 7 heteroatoms. The first-order valence-corrected chi connectivity index (χ1v) is 10.5. The highest BCUT2D eigenvalue weighted by atomic mass is 16.5. The van der Waals surface area contributed by atoms with Crippen LogP contribution in [-0.2, 0) is 6.54 Å². The Hall–Kier alpha value is -3.03. The van der Waals surface area contributed by atoms with Gasteiger partial charge in [0.2, 0.25) is 5.43 Å². The van der Waals surface area contributed by atoms with Crippen LogP contribution in [0.5, 0.6) is 17.2 Å². The van der Waals surface area contributed by atoms with Crippen LogP contribution in [0.2, 0.25) is 0 Å². The largest absolute Gasteiger partial charge is 0.507 e. The van der Waals surface area contributed by atoms with E-state index in [0.717, 1.165) is 32.7 Å². The summed E-state index contributed by atoms with van der Waals surface area (Å²) in [5.74, 6) is 1.27. The maximum Gasteiger partial charge on any atom is 0.200 e. The summed E-state index contributed by atoms with van der Waals surface area (Å²) in [4.78, 5) is 18.0. The summed E-state index contributed by atoms with van der Waals surface area (Å²) in [5, 5.41) is 11.0. The molecule has 0 radical (unpaired) electrons. The van der Waals surface area contributed by atoms with E-state index in [9.17, 15) is 9.90 Å². The van der Waals surface area contributed by atoms with Gasteiger partial charge in [-0.25, -0.2) is 0 Å². The Morgan fingerprint density at radius 2 is 1.71 bits per heavy atom. The third-order valence-corrected chi connectivity index (χ3v) is 6.01. The van der Waals surface area contributed by atoms with Crippen molar-refractivity contribution in [2.45, 2.75) is 13.5 Å². The van der Waals surface area contributed by atoms with Crippen LogP contribution in [0.4, 0.5) is 0 Å². The van der Waals surface area contributed by atoms with Gasteiger partial charge < -0.3 is 23.9 Å². The Kier molecular flexibility index (Phi) is 6.15. The SMILES string of the molecule is CCN1CCN(Cc2c(O)ccc3c(=O)c(-c4ccc(OC)c(OC)c4)coc23)CC1. The van der Waals surface area contributed by atoms with Gasteiger partial charge in [0, 0.05) is 32.7 Å². The summed E-state index contributed by atoms with van der Waals surface area (Å²) in [6.45, 7) is 7.57. The number of nitrogens with zero attached hydrogens (tertiary/aromatic N) is 2. The van der Waals surface area contributed by atoms with E-state index >= 15 is 0 Å². The van der Waals surface area contributed by atoms with Gasteiger partial charge in [-0.15, -0.1) is 0 Å². The molecule has 0 unspecified atom stereocenters. The Bertz CT molecular complexity index is 1130. The predicted molar refractivity (Wildman–Crippen MR) is 120 cm³/mol. The van der Waals surface area contributed by atoms with E-state index in [-0.39, 0.29) is 11.2 Å². The molecule has 2 heterocycles. The monoisotopic (exact) mass is 424 g/mol. The van der Waals surface area contributed by atoms with Crippen molar-refractivity contribution in [1.82, 2.24) is 9.80 Å². The Balaban J connectivity index is 1.71. The van der Waals surface area contributed by atoms with Gasteiger partial charge in [0.05, 0.1) is 30.7 Å². The molecular formula is C24H28N2O5. The van der Waals surface area contributed by atoms with Crippen molar-refractivity contribution < 1.29 is 19.0 Å². The molecule has 1 fully saturated rings. The fourth-order valence-corrected chi connectivity index (χ4v) is 4.09. The number of likely N-dealkylation sites (N-methyl/N-ethyl adjacent to an activating group) is 1. The molecule has 1 aliphatic heterocycles. The van der Waals surface area contributed by atoms with Gasteiger partial charge in [-0.3, -0.25) is 9.69 Å². The fourth-order valence-electron chi connectivity index (χ4n) is 4.09. The summed E-state index contributed by atoms with van der Waals surface area (Å²) in [5.41, 5.74) is 2.05. The first kappa shape index (κ1) is 21.2. The van der Waals surface area contributed by atoms with Crippen molar-refractivity contribution >= 4 is 11.0 Å².